The topological polar surface area (TPSA) is 92.7 Å². The van der Waals surface area contributed by atoms with E-state index in [1.54, 1.807) is 26.0 Å². The first-order valence-electron chi connectivity index (χ1n) is 7.23. The van der Waals surface area contributed by atoms with Crippen molar-refractivity contribution in [3.8, 4) is 16.5 Å². The van der Waals surface area contributed by atoms with E-state index in [1.165, 1.54) is 28.2 Å². The number of hydrogen-bond acceptors (Lipinski definition) is 5. The number of nitrogens with zero attached hydrogens (tertiary/aromatic N) is 3. The van der Waals surface area contributed by atoms with Crippen molar-refractivity contribution in [2.75, 3.05) is 5.32 Å². The fourth-order valence-electron chi connectivity index (χ4n) is 2.16. The van der Waals surface area contributed by atoms with E-state index in [4.69, 9.17) is 0 Å². The highest BCUT2D eigenvalue weighted by molar-refractivity contribution is 7.13. The number of carbonyl (C=O) groups is 1. The zero-order valence-corrected chi connectivity index (χ0v) is 13.9. The first-order chi connectivity index (χ1) is 11.6. The summed E-state index contributed by atoms with van der Waals surface area (Å²) in [4.78, 5) is 31.5. The molecule has 0 aliphatic heterocycles. The van der Waals surface area contributed by atoms with Gasteiger partial charge in [0.05, 0.1) is 4.88 Å². The van der Waals surface area contributed by atoms with E-state index >= 15 is 0 Å². The Morgan fingerprint density at radius 1 is 1.42 bits per heavy atom. The minimum Gasteiger partial charge on any atom is -0.307 e. The average molecular weight is 341 g/mol. The van der Waals surface area contributed by atoms with E-state index in [1.807, 2.05) is 17.5 Å². The van der Waals surface area contributed by atoms with Gasteiger partial charge < -0.3 is 5.32 Å². The van der Waals surface area contributed by atoms with Crippen LogP contribution in [0.1, 0.15) is 12.6 Å². The molecule has 0 spiro atoms. The summed E-state index contributed by atoms with van der Waals surface area (Å²) in [6.45, 7) is 3.48. The number of nitrogens with one attached hydrogen (secondary N) is 2. The third-order valence-electron chi connectivity index (χ3n) is 3.11. The molecule has 1 amide bonds. The van der Waals surface area contributed by atoms with Crippen molar-refractivity contribution < 1.29 is 4.79 Å². The lowest BCUT2D eigenvalue weighted by atomic mass is 10.3. The quantitative estimate of drug-likeness (QED) is 0.713. The number of carbonyl (C=O) groups excluding carboxylic acids is 1. The van der Waals surface area contributed by atoms with Crippen molar-refractivity contribution in [3.63, 3.8) is 0 Å². The summed E-state index contributed by atoms with van der Waals surface area (Å²) >= 11 is 1.53. The Hall–Kier alpha value is -3.00. The third kappa shape index (κ3) is 3.33. The van der Waals surface area contributed by atoms with E-state index in [2.05, 4.69) is 20.4 Å². The van der Waals surface area contributed by atoms with Gasteiger partial charge in [0.25, 0.3) is 5.56 Å². The van der Waals surface area contributed by atoms with Crippen LogP contribution >= 0.6 is 11.3 Å². The van der Waals surface area contributed by atoms with E-state index in [9.17, 15) is 9.59 Å². The predicted octanol–water partition coefficient (Wildman–Crippen LogP) is 2.51. The molecule has 122 valence electrons. The summed E-state index contributed by atoms with van der Waals surface area (Å²) in [5.74, 6) is 0.389. The second-order valence-corrected chi connectivity index (χ2v) is 5.95. The second kappa shape index (κ2) is 6.63. The molecule has 2 N–H and O–H groups in total. The fourth-order valence-corrected chi connectivity index (χ4v) is 2.84. The zero-order chi connectivity index (χ0) is 17.1. The lowest BCUT2D eigenvalue weighted by Crippen LogP contribution is -2.17. The summed E-state index contributed by atoms with van der Waals surface area (Å²) in [6, 6.07) is 6.99. The van der Waals surface area contributed by atoms with E-state index < -0.39 is 0 Å². The molecule has 0 bridgehead atoms. The van der Waals surface area contributed by atoms with Gasteiger partial charge in [-0.25, -0.2) is 4.98 Å². The summed E-state index contributed by atoms with van der Waals surface area (Å²) in [5, 5.41) is 9.17. The van der Waals surface area contributed by atoms with Gasteiger partial charge in [0.1, 0.15) is 11.5 Å². The largest absolute Gasteiger partial charge is 0.307 e. The normalized spacial score (nSPS) is 11.1. The molecule has 3 aromatic heterocycles. The molecule has 0 saturated carbocycles. The standard InChI is InChI=1S/C16H15N5O2S/c1-3-5-14(22)18-13-9-11(12-6-4-7-24-12)20-21(13)16-17-10(2)8-15(23)19-16/h3-9H,1-2H3,(H,18,22)(H,17,19,23)/b5-3-. The van der Waals surface area contributed by atoms with Crippen LogP contribution < -0.4 is 10.9 Å². The van der Waals surface area contributed by atoms with Gasteiger partial charge in [-0.3, -0.25) is 14.6 Å². The summed E-state index contributed by atoms with van der Waals surface area (Å²) < 4.78 is 1.42. The van der Waals surface area contributed by atoms with Gasteiger partial charge in [0.15, 0.2) is 0 Å². The van der Waals surface area contributed by atoms with Crippen molar-refractivity contribution in [2.45, 2.75) is 13.8 Å². The maximum absolute atomic E-state index is 11.9. The third-order valence-corrected chi connectivity index (χ3v) is 4.00. The molecular weight excluding hydrogens is 326 g/mol. The van der Waals surface area contributed by atoms with Gasteiger partial charge in [-0.05, 0) is 31.4 Å². The van der Waals surface area contributed by atoms with Crippen LogP contribution in [0.2, 0.25) is 0 Å². The Balaban J connectivity index is 2.11. The Kier molecular flexibility index (Phi) is 4.39. The van der Waals surface area contributed by atoms with Gasteiger partial charge in [-0.2, -0.15) is 9.78 Å². The molecule has 0 aromatic carbocycles. The van der Waals surface area contributed by atoms with E-state index in [0.29, 0.717) is 17.2 Å². The maximum Gasteiger partial charge on any atom is 0.252 e. The van der Waals surface area contributed by atoms with Gasteiger partial charge >= 0.3 is 0 Å². The molecule has 0 radical (unpaired) electrons. The SMILES string of the molecule is C/C=C\C(=O)Nc1cc(-c2cccs2)nn1-c1nc(C)cc(=O)[nH]1. The summed E-state index contributed by atoms with van der Waals surface area (Å²) in [6.07, 6.45) is 3.05. The number of rotatable bonds is 4. The number of aromatic amines is 1. The predicted molar refractivity (Wildman–Crippen MR) is 93.5 cm³/mol. The Labute approximate surface area is 141 Å². The number of amides is 1. The van der Waals surface area contributed by atoms with Crippen molar-refractivity contribution in [2.24, 2.45) is 0 Å². The first kappa shape index (κ1) is 15.9. The van der Waals surface area contributed by atoms with Crippen molar-refractivity contribution in [1.29, 1.82) is 0 Å². The monoisotopic (exact) mass is 341 g/mol. The smallest absolute Gasteiger partial charge is 0.252 e. The summed E-state index contributed by atoms with van der Waals surface area (Å²) in [5.41, 5.74) is 0.967. The lowest BCUT2D eigenvalue weighted by Gasteiger charge is -2.06. The van der Waals surface area contributed by atoms with Crippen LogP contribution in [-0.4, -0.2) is 25.7 Å². The number of aromatic nitrogens is 4. The van der Waals surface area contributed by atoms with Crippen molar-refractivity contribution in [3.05, 3.63) is 57.8 Å². The highest BCUT2D eigenvalue weighted by Crippen LogP contribution is 2.27. The first-order valence-corrected chi connectivity index (χ1v) is 8.11. The fraction of sp³-hybridized carbons (Fsp3) is 0.125. The zero-order valence-electron chi connectivity index (χ0n) is 13.1. The molecule has 0 aliphatic carbocycles. The lowest BCUT2D eigenvalue weighted by molar-refractivity contribution is -0.111. The Bertz CT molecular complexity index is 953. The van der Waals surface area contributed by atoms with Crippen LogP contribution in [0.3, 0.4) is 0 Å². The van der Waals surface area contributed by atoms with E-state index in [0.717, 1.165) is 4.88 Å². The summed E-state index contributed by atoms with van der Waals surface area (Å²) in [7, 11) is 0. The van der Waals surface area contributed by atoms with Gasteiger partial charge in [0.2, 0.25) is 11.9 Å². The molecule has 3 rings (SSSR count). The minimum absolute atomic E-state index is 0.249. The molecule has 24 heavy (non-hydrogen) atoms. The van der Waals surface area contributed by atoms with Gasteiger partial charge in [-0.1, -0.05) is 12.1 Å². The van der Waals surface area contributed by atoms with Crippen LogP contribution in [0.25, 0.3) is 16.5 Å². The van der Waals surface area contributed by atoms with Crippen molar-refractivity contribution >= 4 is 23.1 Å². The second-order valence-electron chi connectivity index (χ2n) is 5.00. The number of allylic oxidation sites excluding steroid dienone is 1. The molecule has 7 nitrogen and oxygen atoms in total. The Morgan fingerprint density at radius 3 is 2.92 bits per heavy atom. The molecule has 0 atom stereocenters. The van der Waals surface area contributed by atoms with Crippen LogP contribution in [-0.2, 0) is 4.79 Å². The van der Waals surface area contributed by atoms with Crippen LogP contribution in [0.4, 0.5) is 5.82 Å². The number of hydrogen-bond donors (Lipinski definition) is 2. The molecule has 3 heterocycles. The van der Waals surface area contributed by atoms with Crippen molar-refractivity contribution in [1.82, 2.24) is 19.7 Å². The molecule has 0 unspecified atom stereocenters. The van der Waals surface area contributed by atoms with Crippen LogP contribution in [0, 0.1) is 6.92 Å². The highest BCUT2D eigenvalue weighted by Gasteiger charge is 2.15. The highest BCUT2D eigenvalue weighted by atomic mass is 32.1. The molecule has 0 fully saturated rings. The van der Waals surface area contributed by atoms with Crippen LogP contribution in [0.15, 0.2) is 46.6 Å². The molecule has 8 heteroatoms. The molecule has 0 aliphatic rings. The number of aryl methyl sites for hydroxylation is 1. The number of thiophene rings is 1. The maximum atomic E-state index is 11.9. The van der Waals surface area contributed by atoms with Gasteiger partial charge in [-0.15, -0.1) is 11.3 Å². The molecular formula is C16H15N5O2S. The van der Waals surface area contributed by atoms with E-state index in [-0.39, 0.29) is 17.4 Å². The Morgan fingerprint density at radius 2 is 2.25 bits per heavy atom. The number of anilines is 1. The molecule has 3 aromatic rings. The average Bonchev–Trinajstić information content (AvgIpc) is 3.15. The minimum atomic E-state index is -0.286. The van der Waals surface area contributed by atoms with Gasteiger partial charge in [0, 0.05) is 17.8 Å². The number of H-pyrrole nitrogens is 1. The van der Waals surface area contributed by atoms with Crippen LogP contribution in [0.5, 0.6) is 0 Å². The molecule has 0 saturated heterocycles.